The molecule has 0 aromatic heterocycles. The molecule has 0 saturated carbocycles. The van der Waals surface area contributed by atoms with Crippen LogP contribution in [0.25, 0.3) is 0 Å². The van der Waals surface area contributed by atoms with Crippen molar-refractivity contribution in [1.29, 1.82) is 0 Å². The molecule has 0 saturated heterocycles. The van der Waals surface area contributed by atoms with Gasteiger partial charge in [-0.15, -0.1) is 0 Å². The van der Waals surface area contributed by atoms with Crippen LogP contribution in [0, 0.1) is 11.6 Å². The first kappa shape index (κ1) is 15.1. The summed E-state index contributed by atoms with van der Waals surface area (Å²) in [6, 6.07) is 2.62. The molecule has 2 unspecified atom stereocenters. The summed E-state index contributed by atoms with van der Waals surface area (Å²) in [5.74, 6) is -1.28. The van der Waals surface area contributed by atoms with Gasteiger partial charge in [-0.2, -0.15) is 0 Å². The van der Waals surface area contributed by atoms with Gasteiger partial charge >= 0.3 is 0 Å². The van der Waals surface area contributed by atoms with E-state index in [0.717, 1.165) is 23.9 Å². The van der Waals surface area contributed by atoms with Crippen LogP contribution in [0.4, 0.5) is 8.78 Å². The lowest BCUT2D eigenvalue weighted by Crippen LogP contribution is -2.19. The van der Waals surface area contributed by atoms with Crippen LogP contribution in [-0.4, -0.2) is 27.2 Å². The van der Waals surface area contributed by atoms with Gasteiger partial charge < -0.3 is 10.2 Å². The van der Waals surface area contributed by atoms with E-state index in [2.05, 4.69) is 0 Å². The molecule has 1 rings (SSSR count). The van der Waals surface area contributed by atoms with Crippen LogP contribution in [0.1, 0.15) is 25.0 Å². The number of thioether (sulfide) groups is 1. The fraction of sp³-hybridized carbons (Fsp3) is 0.417. The maximum absolute atomic E-state index is 12.9. The molecule has 0 bridgehead atoms. The van der Waals surface area contributed by atoms with E-state index in [1.807, 2.05) is 0 Å². The highest BCUT2D eigenvalue weighted by molar-refractivity contribution is 8.13. The predicted octanol–water partition coefficient (Wildman–Crippen LogP) is 2.03. The van der Waals surface area contributed by atoms with Gasteiger partial charge in [-0.05, 0) is 24.1 Å². The lowest BCUT2D eigenvalue weighted by molar-refractivity contribution is -0.109. The van der Waals surface area contributed by atoms with Gasteiger partial charge in [-0.3, -0.25) is 4.79 Å². The number of carbonyl (C=O) groups excluding carboxylic acids is 1. The Morgan fingerprint density at radius 1 is 1.28 bits per heavy atom. The normalized spacial score (nSPS) is 14.3. The van der Waals surface area contributed by atoms with Crippen molar-refractivity contribution in [2.24, 2.45) is 0 Å². The van der Waals surface area contributed by atoms with Gasteiger partial charge in [0.1, 0.15) is 17.7 Å². The Hall–Kier alpha value is -0.980. The second kappa shape index (κ2) is 6.82. The minimum absolute atomic E-state index is 0.0205. The van der Waals surface area contributed by atoms with Gasteiger partial charge in [-0.1, -0.05) is 11.8 Å². The second-order valence-electron chi connectivity index (χ2n) is 3.84. The van der Waals surface area contributed by atoms with Crippen LogP contribution in [0.2, 0.25) is 0 Å². The average Bonchev–Trinajstić information content (AvgIpc) is 2.26. The Morgan fingerprint density at radius 3 is 2.33 bits per heavy atom. The Balaban J connectivity index is 2.62. The number of aliphatic hydroxyl groups excluding tert-OH is 2. The zero-order valence-corrected chi connectivity index (χ0v) is 10.6. The van der Waals surface area contributed by atoms with E-state index < -0.39 is 23.8 Å². The minimum atomic E-state index is -1.37. The van der Waals surface area contributed by atoms with Crippen LogP contribution in [0.5, 0.6) is 0 Å². The third kappa shape index (κ3) is 4.72. The molecular weight excluding hydrogens is 262 g/mol. The van der Waals surface area contributed by atoms with Crippen molar-refractivity contribution in [3.05, 3.63) is 35.4 Å². The number of rotatable bonds is 5. The van der Waals surface area contributed by atoms with Gasteiger partial charge in [0.2, 0.25) is 0 Å². The van der Waals surface area contributed by atoms with Crippen molar-refractivity contribution in [1.82, 2.24) is 0 Å². The molecule has 0 aliphatic rings. The third-order valence-corrected chi connectivity index (χ3v) is 3.16. The molecule has 0 aliphatic heterocycles. The van der Waals surface area contributed by atoms with Crippen LogP contribution in [0.15, 0.2) is 18.2 Å². The number of aliphatic hydroxyl groups is 2. The summed E-state index contributed by atoms with van der Waals surface area (Å²) < 4.78 is 25.9. The van der Waals surface area contributed by atoms with Crippen LogP contribution < -0.4 is 0 Å². The first-order valence-electron chi connectivity index (χ1n) is 5.35. The number of hydrogen-bond acceptors (Lipinski definition) is 4. The summed E-state index contributed by atoms with van der Waals surface area (Å²) in [6.45, 7) is 1.40. The topological polar surface area (TPSA) is 57.5 Å². The van der Waals surface area contributed by atoms with E-state index in [9.17, 15) is 23.8 Å². The molecule has 100 valence electrons. The molecular formula is C12H14F2O3S. The summed E-state index contributed by atoms with van der Waals surface area (Å²) in [5.41, 5.74) is -0.0205. The summed E-state index contributed by atoms with van der Waals surface area (Å²) in [6.07, 6.45) is -2.38. The number of carbonyl (C=O) groups is 1. The van der Waals surface area contributed by atoms with Crippen molar-refractivity contribution in [3.8, 4) is 0 Å². The summed E-state index contributed by atoms with van der Waals surface area (Å²) in [5, 5.41) is 19.3. The molecule has 0 aliphatic carbocycles. The van der Waals surface area contributed by atoms with E-state index in [4.69, 9.17) is 0 Å². The molecule has 0 fully saturated rings. The van der Waals surface area contributed by atoms with Crippen molar-refractivity contribution in [2.45, 2.75) is 25.6 Å². The zero-order chi connectivity index (χ0) is 13.7. The molecule has 1 aromatic carbocycles. The van der Waals surface area contributed by atoms with Crippen LogP contribution in [0.3, 0.4) is 0 Å². The standard InChI is InChI=1S/C12H14F2O3S/c1-7(15)18-3-2-11(16)12(17)8-4-9(13)6-10(14)5-8/h4-6,11-12,16-17H,2-3H2,1H3. The van der Waals surface area contributed by atoms with Crippen molar-refractivity contribution in [2.75, 3.05) is 5.75 Å². The van der Waals surface area contributed by atoms with Gasteiger partial charge in [0, 0.05) is 18.7 Å². The lowest BCUT2D eigenvalue weighted by atomic mass is 10.0. The van der Waals surface area contributed by atoms with E-state index >= 15 is 0 Å². The molecule has 0 amide bonds. The molecule has 3 nitrogen and oxygen atoms in total. The lowest BCUT2D eigenvalue weighted by Gasteiger charge is -2.17. The Kier molecular flexibility index (Phi) is 5.71. The fourth-order valence-electron chi connectivity index (χ4n) is 1.45. The third-order valence-electron chi connectivity index (χ3n) is 2.31. The number of hydrogen-bond donors (Lipinski definition) is 2. The van der Waals surface area contributed by atoms with Gasteiger partial charge in [0.25, 0.3) is 0 Å². The van der Waals surface area contributed by atoms with Crippen molar-refractivity contribution >= 4 is 16.9 Å². The monoisotopic (exact) mass is 276 g/mol. The van der Waals surface area contributed by atoms with E-state index in [1.165, 1.54) is 6.92 Å². The predicted molar refractivity (Wildman–Crippen MR) is 65.1 cm³/mol. The molecule has 0 spiro atoms. The summed E-state index contributed by atoms with van der Waals surface area (Å²) in [4.78, 5) is 10.7. The van der Waals surface area contributed by atoms with Gasteiger partial charge in [0.05, 0.1) is 6.10 Å². The first-order chi connectivity index (χ1) is 8.40. The van der Waals surface area contributed by atoms with Crippen molar-refractivity contribution < 1.29 is 23.8 Å². The Bertz CT molecular complexity index is 406. The molecule has 0 heterocycles. The maximum Gasteiger partial charge on any atom is 0.185 e. The zero-order valence-electron chi connectivity index (χ0n) is 9.77. The highest BCUT2D eigenvalue weighted by atomic mass is 32.2. The molecule has 6 heteroatoms. The number of benzene rings is 1. The largest absolute Gasteiger partial charge is 0.390 e. The average molecular weight is 276 g/mol. The Labute approximate surface area is 108 Å². The highest BCUT2D eigenvalue weighted by Gasteiger charge is 2.19. The summed E-state index contributed by atoms with van der Waals surface area (Å²) in [7, 11) is 0. The highest BCUT2D eigenvalue weighted by Crippen LogP contribution is 2.22. The van der Waals surface area contributed by atoms with Crippen LogP contribution in [-0.2, 0) is 4.79 Å². The molecule has 0 radical (unpaired) electrons. The van der Waals surface area contributed by atoms with Crippen LogP contribution >= 0.6 is 11.8 Å². The van der Waals surface area contributed by atoms with Crippen molar-refractivity contribution in [3.63, 3.8) is 0 Å². The quantitative estimate of drug-likeness (QED) is 0.864. The molecule has 2 atom stereocenters. The van der Waals surface area contributed by atoms with Gasteiger partial charge in [0.15, 0.2) is 5.12 Å². The minimum Gasteiger partial charge on any atom is -0.390 e. The maximum atomic E-state index is 12.9. The fourth-order valence-corrected chi connectivity index (χ4v) is 2.10. The first-order valence-corrected chi connectivity index (χ1v) is 6.34. The molecule has 18 heavy (non-hydrogen) atoms. The molecule has 2 N–H and O–H groups in total. The number of halogens is 2. The summed E-state index contributed by atoms with van der Waals surface area (Å²) >= 11 is 1.02. The van der Waals surface area contributed by atoms with E-state index in [0.29, 0.717) is 11.8 Å². The van der Waals surface area contributed by atoms with E-state index in [1.54, 1.807) is 0 Å². The molecule has 1 aromatic rings. The van der Waals surface area contributed by atoms with Gasteiger partial charge in [-0.25, -0.2) is 8.78 Å². The van der Waals surface area contributed by atoms with E-state index in [-0.39, 0.29) is 17.1 Å². The second-order valence-corrected chi connectivity index (χ2v) is 5.12. The SMILES string of the molecule is CC(=O)SCCC(O)C(O)c1cc(F)cc(F)c1. The Morgan fingerprint density at radius 2 is 1.83 bits per heavy atom. The smallest absolute Gasteiger partial charge is 0.185 e.